The SMILES string of the molecule is CN=C(NCCc1ccsc1)NCc1ccc(C)cc1OCCCOC. The number of nitrogens with one attached hydrogen (secondary N) is 2. The molecule has 6 heteroatoms. The number of ether oxygens (including phenoxy) is 2. The Kier molecular flexibility index (Phi) is 9.00. The second kappa shape index (κ2) is 11.5. The smallest absolute Gasteiger partial charge is 0.191 e. The van der Waals surface area contributed by atoms with Crippen molar-refractivity contribution < 1.29 is 9.47 Å². The molecule has 1 heterocycles. The topological polar surface area (TPSA) is 54.9 Å². The first-order valence-corrected chi connectivity index (χ1v) is 9.84. The maximum Gasteiger partial charge on any atom is 0.191 e. The predicted molar refractivity (Wildman–Crippen MR) is 109 cm³/mol. The third-order valence-corrected chi connectivity index (χ3v) is 4.66. The average Bonchev–Trinajstić information content (AvgIpc) is 3.16. The number of methoxy groups -OCH3 is 1. The number of aryl methyl sites for hydroxylation is 1. The fourth-order valence-electron chi connectivity index (χ4n) is 2.49. The molecule has 0 unspecified atom stereocenters. The molecule has 0 saturated heterocycles. The first kappa shape index (κ1) is 20.3. The van der Waals surface area contributed by atoms with Crippen molar-refractivity contribution in [1.82, 2.24) is 10.6 Å². The van der Waals surface area contributed by atoms with E-state index in [9.17, 15) is 0 Å². The fraction of sp³-hybridized carbons (Fsp3) is 0.450. The molecule has 0 atom stereocenters. The van der Waals surface area contributed by atoms with Crippen LogP contribution in [-0.4, -0.2) is 39.9 Å². The van der Waals surface area contributed by atoms with Gasteiger partial charge in [-0.2, -0.15) is 11.3 Å². The summed E-state index contributed by atoms with van der Waals surface area (Å²) in [6.45, 7) is 4.95. The molecule has 0 saturated carbocycles. The van der Waals surface area contributed by atoms with E-state index in [2.05, 4.69) is 57.6 Å². The van der Waals surface area contributed by atoms with Gasteiger partial charge in [-0.25, -0.2) is 0 Å². The molecule has 0 aliphatic rings. The van der Waals surface area contributed by atoms with Gasteiger partial charge >= 0.3 is 0 Å². The van der Waals surface area contributed by atoms with Crippen LogP contribution >= 0.6 is 11.3 Å². The Morgan fingerprint density at radius 1 is 1.19 bits per heavy atom. The van der Waals surface area contributed by atoms with Crippen molar-refractivity contribution in [2.24, 2.45) is 4.99 Å². The minimum absolute atomic E-state index is 0.651. The Balaban J connectivity index is 1.83. The summed E-state index contributed by atoms with van der Waals surface area (Å²) in [5, 5.41) is 11.0. The van der Waals surface area contributed by atoms with Crippen LogP contribution in [0.1, 0.15) is 23.1 Å². The van der Waals surface area contributed by atoms with Gasteiger partial charge < -0.3 is 20.1 Å². The number of hydrogen-bond donors (Lipinski definition) is 2. The maximum atomic E-state index is 5.94. The van der Waals surface area contributed by atoms with Crippen molar-refractivity contribution in [2.45, 2.75) is 26.3 Å². The van der Waals surface area contributed by atoms with Gasteiger partial charge in [0.15, 0.2) is 5.96 Å². The molecule has 0 aliphatic carbocycles. The molecule has 26 heavy (non-hydrogen) atoms. The highest BCUT2D eigenvalue weighted by Crippen LogP contribution is 2.20. The molecule has 2 N–H and O–H groups in total. The van der Waals surface area contributed by atoms with Crippen LogP contribution in [0.15, 0.2) is 40.0 Å². The lowest BCUT2D eigenvalue weighted by Crippen LogP contribution is -2.37. The van der Waals surface area contributed by atoms with Crippen LogP contribution in [0, 0.1) is 6.92 Å². The van der Waals surface area contributed by atoms with Crippen molar-refractivity contribution in [3.8, 4) is 5.75 Å². The Bertz CT molecular complexity index is 672. The Labute approximate surface area is 160 Å². The van der Waals surface area contributed by atoms with Gasteiger partial charge in [-0.15, -0.1) is 0 Å². The first-order chi connectivity index (χ1) is 12.7. The van der Waals surface area contributed by atoms with Gasteiger partial charge in [0.2, 0.25) is 0 Å². The van der Waals surface area contributed by atoms with Crippen molar-refractivity contribution in [3.63, 3.8) is 0 Å². The number of guanidine groups is 1. The highest BCUT2D eigenvalue weighted by atomic mass is 32.1. The van der Waals surface area contributed by atoms with Crippen molar-refractivity contribution in [1.29, 1.82) is 0 Å². The number of aliphatic imine (C=N–C) groups is 1. The van der Waals surface area contributed by atoms with Gasteiger partial charge in [0, 0.05) is 45.8 Å². The van der Waals surface area contributed by atoms with E-state index in [1.54, 1.807) is 25.5 Å². The van der Waals surface area contributed by atoms with Crippen LogP contribution in [0.2, 0.25) is 0 Å². The van der Waals surface area contributed by atoms with Crippen LogP contribution in [0.3, 0.4) is 0 Å². The summed E-state index contributed by atoms with van der Waals surface area (Å²) in [6.07, 6.45) is 1.87. The van der Waals surface area contributed by atoms with E-state index in [0.717, 1.165) is 36.7 Å². The zero-order chi connectivity index (χ0) is 18.6. The number of thiophene rings is 1. The van der Waals surface area contributed by atoms with Gasteiger partial charge in [0.05, 0.1) is 6.61 Å². The zero-order valence-corrected chi connectivity index (χ0v) is 16.7. The van der Waals surface area contributed by atoms with Crippen molar-refractivity contribution in [3.05, 3.63) is 51.7 Å². The molecule has 1 aromatic carbocycles. The van der Waals surface area contributed by atoms with Gasteiger partial charge in [-0.3, -0.25) is 4.99 Å². The molecule has 1 aromatic heterocycles. The molecule has 0 fully saturated rings. The lowest BCUT2D eigenvalue weighted by Gasteiger charge is -2.15. The maximum absolute atomic E-state index is 5.94. The highest BCUT2D eigenvalue weighted by Gasteiger charge is 2.06. The molecule has 0 bridgehead atoms. The third kappa shape index (κ3) is 7.06. The van der Waals surface area contributed by atoms with E-state index in [1.807, 2.05) is 0 Å². The Morgan fingerprint density at radius 2 is 2.08 bits per heavy atom. The largest absolute Gasteiger partial charge is 0.493 e. The summed E-state index contributed by atoms with van der Waals surface area (Å²) in [6, 6.07) is 8.44. The molecule has 142 valence electrons. The number of hydrogen-bond acceptors (Lipinski definition) is 4. The summed E-state index contributed by atoms with van der Waals surface area (Å²) in [5.41, 5.74) is 3.66. The first-order valence-electron chi connectivity index (χ1n) is 8.89. The quantitative estimate of drug-likeness (QED) is 0.380. The molecule has 0 aliphatic heterocycles. The van der Waals surface area contributed by atoms with Crippen molar-refractivity contribution >= 4 is 17.3 Å². The van der Waals surface area contributed by atoms with Crippen LogP contribution in [0.4, 0.5) is 0 Å². The molecule has 2 rings (SSSR count). The van der Waals surface area contributed by atoms with E-state index in [4.69, 9.17) is 9.47 Å². The number of rotatable bonds is 10. The van der Waals surface area contributed by atoms with E-state index in [0.29, 0.717) is 19.8 Å². The molecule has 0 amide bonds. The van der Waals surface area contributed by atoms with E-state index >= 15 is 0 Å². The number of benzene rings is 1. The monoisotopic (exact) mass is 375 g/mol. The van der Waals surface area contributed by atoms with Crippen LogP contribution < -0.4 is 15.4 Å². The van der Waals surface area contributed by atoms with Crippen LogP contribution in [0.25, 0.3) is 0 Å². The van der Waals surface area contributed by atoms with Gasteiger partial charge in [-0.05, 0) is 47.4 Å². The fourth-order valence-corrected chi connectivity index (χ4v) is 3.19. The molecule has 2 aromatic rings. The second-order valence-corrected chi connectivity index (χ2v) is 6.82. The standard InChI is InChI=1S/C20H29N3O2S/c1-16-5-6-18(19(13-16)25-11-4-10-24-3)14-23-20(21-2)22-9-7-17-8-12-26-15-17/h5-6,8,12-13,15H,4,7,9-11,14H2,1-3H3,(H2,21,22,23). The lowest BCUT2D eigenvalue weighted by atomic mass is 10.1. The van der Waals surface area contributed by atoms with Crippen LogP contribution in [-0.2, 0) is 17.7 Å². The summed E-state index contributed by atoms with van der Waals surface area (Å²) in [5.74, 6) is 1.72. The average molecular weight is 376 g/mol. The second-order valence-electron chi connectivity index (χ2n) is 6.04. The van der Waals surface area contributed by atoms with Gasteiger partial charge in [-0.1, -0.05) is 12.1 Å². The molecule has 0 spiro atoms. The van der Waals surface area contributed by atoms with Crippen molar-refractivity contribution in [2.75, 3.05) is 33.9 Å². The molecular formula is C20H29N3O2S. The Hall–Kier alpha value is -2.05. The van der Waals surface area contributed by atoms with Gasteiger partial charge in [0.25, 0.3) is 0 Å². The highest BCUT2D eigenvalue weighted by molar-refractivity contribution is 7.07. The summed E-state index contributed by atoms with van der Waals surface area (Å²) in [7, 11) is 3.50. The molecule has 5 nitrogen and oxygen atoms in total. The summed E-state index contributed by atoms with van der Waals surface area (Å²) >= 11 is 1.73. The van der Waals surface area contributed by atoms with Gasteiger partial charge in [0.1, 0.15) is 5.75 Å². The van der Waals surface area contributed by atoms with Crippen LogP contribution in [0.5, 0.6) is 5.75 Å². The van der Waals surface area contributed by atoms with E-state index in [1.165, 1.54) is 11.1 Å². The Morgan fingerprint density at radius 3 is 2.81 bits per heavy atom. The zero-order valence-electron chi connectivity index (χ0n) is 15.9. The summed E-state index contributed by atoms with van der Waals surface area (Å²) in [4.78, 5) is 4.30. The summed E-state index contributed by atoms with van der Waals surface area (Å²) < 4.78 is 11.0. The molecular weight excluding hydrogens is 346 g/mol. The van der Waals surface area contributed by atoms with E-state index in [-0.39, 0.29) is 0 Å². The lowest BCUT2D eigenvalue weighted by molar-refractivity contribution is 0.172. The minimum atomic E-state index is 0.651. The normalized spacial score (nSPS) is 11.4. The molecule has 0 radical (unpaired) electrons. The third-order valence-electron chi connectivity index (χ3n) is 3.93. The predicted octanol–water partition coefficient (Wildman–Crippen LogP) is 3.38. The number of nitrogens with zero attached hydrogens (tertiary/aromatic N) is 1. The minimum Gasteiger partial charge on any atom is -0.493 e. The van der Waals surface area contributed by atoms with E-state index < -0.39 is 0 Å².